The Morgan fingerprint density at radius 2 is 1.73 bits per heavy atom. The van der Waals surface area contributed by atoms with Gasteiger partial charge in [-0.1, -0.05) is 0 Å². The lowest BCUT2D eigenvalue weighted by atomic mass is 9.81. The van der Waals surface area contributed by atoms with Crippen molar-refractivity contribution < 1.29 is 32.7 Å². The Morgan fingerprint density at radius 1 is 1.18 bits per heavy atom. The summed E-state index contributed by atoms with van der Waals surface area (Å²) in [4.78, 5) is 21.6. The minimum absolute atomic E-state index is 0.0504. The van der Waals surface area contributed by atoms with E-state index in [0.717, 1.165) is 19.3 Å². The standard InChI is InChI=1S/C21H34BN3O7S/c1-20(2)21(3,4)32-22(31-20)16-12-23-19(24-13-16)33(29,30)11-5-6-15-7-9-25(10-8-15)18(28)17(27)14-26/h12-13,15,17,26-27H,5-11,14H2,1-4H3/t17-/m0/s1. The SMILES string of the molecule is CC1(C)OB(c2cnc(S(=O)(=O)CCCC3CCN(C(=O)[C@@H](O)CO)CC3)nc2)OC1(C)C. The molecule has 0 aliphatic carbocycles. The maximum Gasteiger partial charge on any atom is 0.498 e. The fourth-order valence-corrected chi connectivity index (χ4v) is 5.13. The van der Waals surface area contributed by atoms with Crippen molar-refractivity contribution >= 4 is 28.3 Å². The Bertz CT molecular complexity index is 916. The van der Waals surface area contributed by atoms with Gasteiger partial charge in [-0.15, -0.1) is 0 Å². The first kappa shape index (κ1) is 26.0. The number of piperidine rings is 1. The molecule has 0 spiro atoms. The van der Waals surface area contributed by atoms with E-state index in [2.05, 4.69) is 9.97 Å². The van der Waals surface area contributed by atoms with Crippen LogP contribution in [0.2, 0.25) is 0 Å². The number of aromatic nitrogens is 2. The number of hydrogen-bond acceptors (Lipinski definition) is 9. The predicted octanol–water partition coefficient (Wildman–Crippen LogP) is -0.0785. The van der Waals surface area contributed by atoms with Gasteiger partial charge in [0.2, 0.25) is 15.0 Å². The van der Waals surface area contributed by atoms with Crippen molar-refractivity contribution in [1.29, 1.82) is 0 Å². The highest BCUT2D eigenvalue weighted by atomic mass is 32.2. The molecule has 3 heterocycles. The minimum atomic E-state index is -3.62. The van der Waals surface area contributed by atoms with Crippen LogP contribution in [0.1, 0.15) is 53.4 Å². The number of hydrogen-bond donors (Lipinski definition) is 2. The zero-order chi connectivity index (χ0) is 24.4. The van der Waals surface area contributed by atoms with Crippen LogP contribution in [0.15, 0.2) is 17.6 Å². The number of aliphatic hydroxyl groups is 2. The van der Waals surface area contributed by atoms with E-state index in [1.54, 1.807) is 4.90 Å². The van der Waals surface area contributed by atoms with Crippen molar-refractivity contribution in [2.45, 2.75) is 75.8 Å². The topological polar surface area (TPSA) is 139 Å². The third-order valence-electron chi connectivity index (χ3n) is 6.86. The van der Waals surface area contributed by atoms with E-state index in [9.17, 15) is 18.3 Å². The van der Waals surface area contributed by atoms with Gasteiger partial charge in [0, 0.05) is 30.9 Å². The number of sulfone groups is 1. The van der Waals surface area contributed by atoms with E-state index >= 15 is 0 Å². The van der Waals surface area contributed by atoms with Crippen molar-refractivity contribution in [3.8, 4) is 0 Å². The zero-order valence-electron chi connectivity index (χ0n) is 19.7. The van der Waals surface area contributed by atoms with Gasteiger partial charge >= 0.3 is 7.12 Å². The first-order valence-electron chi connectivity index (χ1n) is 11.3. The minimum Gasteiger partial charge on any atom is -0.399 e. The maximum atomic E-state index is 12.7. The smallest absolute Gasteiger partial charge is 0.399 e. The fourth-order valence-electron chi connectivity index (χ4n) is 3.97. The predicted molar refractivity (Wildman–Crippen MR) is 121 cm³/mol. The van der Waals surface area contributed by atoms with Gasteiger partial charge in [0.15, 0.2) is 6.10 Å². The summed E-state index contributed by atoms with van der Waals surface area (Å²) in [5, 5.41) is 18.2. The van der Waals surface area contributed by atoms with E-state index in [1.807, 2.05) is 27.7 Å². The highest BCUT2D eigenvalue weighted by Gasteiger charge is 2.52. The number of nitrogens with zero attached hydrogens (tertiary/aromatic N) is 3. The molecule has 1 aromatic heterocycles. The van der Waals surface area contributed by atoms with Gasteiger partial charge in [-0.3, -0.25) is 4.79 Å². The quantitative estimate of drug-likeness (QED) is 0.384. The molecular formula is C21H34BN3O7S. The Morgan fingerprint density at radius 3 is 2.24 bits per heavy atom. The van der Waals surface area contributed by atoms with Gasteiger partial charge in [0.25, 0.3) is 5.91 Å². The zero-order valence-corrected chi connectivity index (χ0v) is 20.5. The number of likely N-dealkylation sites (tertiary alicyclic amines) is 1. The Kier molecular flexibility index (Phi) is 7.84. The van der Waals surface area contributed by atoms with Crippen molar-refractivity contribution in [2.75, 3.05) is 25.4 Å². The Labute approximate surface area is 195 Å². The third kappa shape index (κ3) is 5.91. The van der Waals surface area contributed by atoms with Crippen LogP contribution in [0, 0.1) is 5.92 Å². The largest absolute Gasteiger partial charge is 0.498 e. The highest BCUT2D eigenvalue weighted by Crippen LogP contribution is 2.36. The van der Waals surface area contributed by atoms with Gasteiger partial charge < -0.3 is 24.4 Å². The second-order valence-electron chi connectivity index (χ2n) is 9.82. The normalized spacial score (nSPS) is 21.9. The molecule has 2 N–H and O–H groups in total. The molecule has 2 fully saturated rings. The van der Waals surface area contributed by atoms with Crippen LogP contribution in [-0.2, 0) is 23.9 Å². The summed E-state index contributed by atoms with van der Waals surface area (Å²) in [7, 11) is -4.27. The van der Waals surface area contributed by atoms with E-state index in [-0.39, 0.29) is 10.9 Å². The van der Waals surface area contributed by atoms with Gasteiger partial charge in [-0.05, 0) is 59.3 Å². The highest BCUT2D eigenvalue weighted by molar-refractivity contribution is 7.91. The van der Waals surface area contributed by atoms with Gasteiger partial charge in [-0.25, -0.2) is 18.4 Å². The molecule has 184 valence electrons. The van der Waals surface area contributed by atoms with Gasteiger partial charge in [0.05, 0.1) is 23.6 Å². The molecule has 1 amide bonds. The molecular weight excluding hydrogens is 449 g/mol. The molecule has 3 rings (SSSR count). The van der Waals surface area contributed by atoms with Crippen LogP contribution in [-0.4, -0.2) is 89.3 Å². The van der Waals surface area contributed by atoms with Crippen LogP contribution in [0.25, 0.3) is 0 Å². The molecule has 0 radical (unpaired) electrons. The number of aliphatic hydroxyl groups excluding tert-OH is 2. The summed E-state index contributed by atoms with van der Waals surface area (Å²) in [5.41, 5.74) is -0.449. The van der Waals surface area contributed by atoms with E-state index in [4.69, 9.17) is 14.4 Å². The summed E-state index contributed by atoms with van der Waals surface area (Å²) in [6, 6.07) is 0. The molecule has 0 aromatic carbocycles. The molecule has 33 heavy (non-hydrogen) atoms. The van der Waals surface area contributed by atoms with Crippen molar-refractivity contribution in [1.82, 2.24) is 14.9 Å². The molecule has 2 aliphatic heterocycles. The van der Waals surface area contributed by atoms with E-state index < -0.39 is 46.8 Å². The second-order valence-corrected chi connectivity index (χ2v) is 11.8. The monoisotopic (exact) mass is 483 g/mol. The molecule has 0 bridgehead atoms. The van der Waals surface area contributed by atoms with Crippen molar-refractivity contribution in [3.05, 3.63) is 12.4 Å². The van der Waals surface area contributed by atoms with Gasteiger partial charge in [0.1, 0.15) is 0 Å². The summed E-state index contributed by atoms with van der Waals surface area (Å²) < 4.78 is 37.2. The summed E-state index contributed by atoms with van der Waals surface area (Å²) in [6.45, 7) is 8.16. The molecule has 2 aliphatic rings. The molecule has 0 unspecified atom stereocenters. The van der Waals surface area contributed by atoms with Crippen molar-refractivity contribution in [3.63, 3.8) is 0 Å². The van der Waals surface area contributed by atoms with Gasteiger partial charge in [-0.2, -0.15) is 0 Å². The van der Waals surface area contributed by atoms with Crippen LogP contribution in [0.3, 0.4) is 0 Å². The summed E-state index contributed by atoms with van der Waals surface area (Å²) in [6.07, 6.45) is 4.18. The molecule has 0 saturated carbocycles. The average molecular weight is 483 g/mol. The number of rotatable bonds is 8. The molecule has 1 atom stereocenters. The molecule has 10 nitrogen and oxygen atoms in total. The summed E-state index contributed by atoms with van der Waals surface area (Å²) in [5.74, 6) is -0.201. The molecule has 12 heteroatoms. The van der Waals surface area contributed by atoms with Crippen LogP contribution in [0.5, 0.6) is 0 Å². The van der Waals surface area contributed by atoms with E-state index in [1.165, 1.54) is 12.4 Å². The lowest BCUT2D eigenvalue weighted by Crippen LogP contribution is -2.45. The van der Waals surface area contributed by atoms with Crippen LogP contribution >= 0.6 is 0 Å². The van der Waals surface area contributed by atoms with Crippen LogP contribution in [0.4, 0.5) is 0 Å². The summed E-state index contributed by atoms with van der Waals surface area (Å²) >= 11 is 0. The third-order valence-corrected chi connectivity index (χ3v) is 8.45. The second kappa shape index (κ2) is 9.95. The molecule has 2 saturated heterocycles. The number of carbonyl (C=O) groups excluding carboxylic acids is 1. The number of amides is 1. The molecule has 1 aromatic rings. The fraction of sp³-hybridized carbons (Fsp3) is 0.762. The number of carbonyl (C=O) groups is 1. The lowest BCUT2D eigenvalue weighted by Gasteiger charge is -2.33. The maximum absolute atomic E-state index is 12.7. The lowest BCUT2D eigenvalue weighted by molar-refractivity contribution is -0.143. The average Bonchev–Trinajstić information content (AvgIpc) is 3.00. The Hall–Kier alpha value is -1.60. The van der Waals surface area contributed by atoms with E-state index in [0.29, 0.717) is 30.9 Å². The van der Waals surface area contributed by atoms with Crippen LogP contribution < -0.4 is 5.46 Å². The first-order valence-corrected chi connectivity index (χ1v) is 13.0. The Balaban J connectivity index is 1.48. The first-order chi connectivity index (χ1) is 15.4. The van der Waals surface area contributed by atoms with Crippen molar-refractivity contribution in [2.24, 2.45) is 5.92 Å².